The lowest BCUT2D eigenvalue weighted by Crippen LogP contribution is -2.19. The van der Waals surface area contributed by atoms with Gasteiger partial charge in [-0.15, -0.1) is 5.10 Å². The van der Waals surface area contributed by atoms with E-state index in [9.17, 15) is 9.18 Å². The van der Waals surface area contributed by atoms with Crippen LogP contribution >= 0.6 is 0 Å². The third-order valence-corrected chi connectivity index (χ3v) is 3.32. The van der Waals surface area contributed by atoms with Crippen LogP contribution in [0.2, 0.25) is 0 Å². The molecule has 0 aliphatic rings. The molecule has 126 valence electrons. The van der Waals surface area contributed by atoms with Crippen molar-refractivity contribution < 1.29 is 9.18 Å². The second-order valence-electron chi connectivity index (χ2n) is 5.35. The SMILES string of the molecule is Cc1ccc(Nc2ccc(NC(=O)Nc3ccc(F)cc3)cc2)nn1. The Balaban J connectivity index is 1.57. The molecule has 0 radical (unpaired) electrons. The first-order valence-corrected chi connectivity index (χ1v) is 7.59. The summed E-state index contributed by atoms with van der Waals surface area (Å²) >= 11 is 0. The summed E-state index contributed by atoms with van der Waals surface area (Å²) in [6, 6.07) is 16.0. The molecule has 0 saturated carbocycles. The zero-order valence-electron chi connectivity index (χ0n) is 13.5. The molecular formula is C18H16FN5O. The monoisotopic (exact) mass is 337 g/mol. The number of aromatic nitrogens is 2. The van der Waals surface area contributed by atoms with E-state index in [1.54, 1.807) is 12.1 Å². The number of rotatable bonds is 4. The minimum absolute atomic E-state index is 0.354. The van der Waals surface area contributed by atoms with Crippen molar-refractivity contribution in [2.24, 2.45) is 0 Å². The molecule has 1 aromatic heterocycles. The molecule has 3 aromatic rings. The summed E-state index contributed by atoms with van der Waals surface area (Å²) in [4.78, 5) is 11.9. The standard InChI is InChI=1S/C18H16FN5O/c1-12-2-11-17(24-23-12)20-14-7-9-16(10-8-14)22-18(25)21-15-5-3-13(19)4-6-15/h2-11H,1H3,(H,20,24)(H2,21,22,25). The van der Waals surface area contributed by atoms with E-state index < -0.39 is 6.03 Å². The Kier molecular flexibility index (Phi) is 4.84. The molecule has 0 unspecified atom stereocenters. The Morgan fingerprint density at radius 3 is 1.92 bits per heavy atom. The van der Waals surface area contributed by atoms with Crippen LogP contribution in [0.1, 0.15) is 5.69 Å². The molecule has 1 heterocycles. The van der Waals surface area contributed by atoms with Crippen LogP contribution in [-0.2, 0) is 0 Å². The number of aryl methyl sites for hydroxylation is 1. The van der Waals surface area contributed by atoms with Crippen LogP contribution in [-0.4, -0.2) is 16.2 Å². The molecule has 25 heavy (non-hydrogen) atoms. The first-order chi connectivity index (χ1) is 12.1. The lowest BCUT2D eigenvalue weighted by Gasteiger charge is -2.09. The quantitative estimate of drug-likeness (QED) is 0.663. The zero-order valence-corrected chi connectivity index (χ0v) is 13.5. The molecule has 3 rings (SSSR count). The average molecular weight is 337 g/mol. The van der Waals surface area contributed by atoms with Gasteiger partial charge in [-0.2, -0.15) is 5.10 Å². The number of hydrogen-bond acceptors (Lipinski definition) is 4. The number of hydrogen-bond donors (Lipinski definition) is 3. The molecule has 0 aliphatic heterocycles. The maximum absolute atomic E-state index is 12.8. The maximum Gasteiger partial charge on any atom is 0.323 e. The molecule has 0 saturated heterocycles. The van der Waals surface area contributed by atoms with Gasteiger partial charge in [-0.1, -0.05) is 0 Å². The molecule has 0 bridgehead atoms. The fourth-order valence-corrected chi connectivity index (χ4v) is 2.08. The number of benzene rings is 2. The molecule has 0 aliphatic carbocycles. The predicted molar refractivity (Wildman–Crippen MR) is 95.5 cm³/mol. The number of urea groups is 1. The minimum atomic E-state index is -0.406. The third-order valence-electron chi connectivity index (χ3n) is 3.32. The second-order valence-corrected chi connectivity index (χ2v) is 5.35. The number of anilines is 4. The van der Waals surface area contributed by atoms with Crippen molar-refractivity contribution >= 4 is 28.9 Å². The highest BCUT2D eigenvalue weighted by molar-refractivity contribution is 5.99. The molecule has 6 nitrogen and oxygen atoms in total. The Morgan fingerprint density at radius 1 is 0.800 bits per heavy atom. The Hall–Kier alpha value is -3.48. The van der Waals surface area contributed by atoms with Gasteiger partial charge in [0.15, 0.2) is 5.82 Å². The summed E-state index contributed by atoms with van der Waals surface area (Å²) in [5.74, 6) is 0.285. The molecular weight excluding hydrogens is 321 g/mol. The van der Waals surface area contributed by atoms with E-state index in [4.69, 9.17) is 0 Å². The summed E-state index contributed by atoms with van der Waals surface area (Å²) in [6.07, 6.45) is 0. The van der Waals surface area contributed by atoms with E-state index >= 15 is 0 Å². The van der Waals surface area contributed by atoms with Gasteiger partial charge in [0, 0.05) is 17.1 Å². The Morgan fingerprint density at radius 2 is 1.36 bits per heavy atom. The zero-order chi connectivity index (χ0) is 17.6. The summed E-state index contributed by atoms with van der Waals surface area (Å²) in [5, 5.41) is 16.5. The van der Waals surface area contributed by atoms with Crippen molar-refractivity contribution in [3.8, 4) is 0 Å². The van der Waals surface area contributed by atoms with Gasteiger partial charge in [0.2, 0.25) is 0 Å². The highest BCUT2D eigenvalue weighted by Crippen LogP contribution is 2.17. The van der Waals surface area contributed by atoms with Crippen molar-refractivity contribution in [2.45, 2.75) is 6.92 Å². The van der Waals surface area contributed by atoms with Crippen LogP contribution in [0.3, 0.4) is 0 Å². The van der Waals surface area contributed by atoms with Gasteiger partial charge < -0.3 is 16.0 Å². The molecule has 3 N–H and O–H groups in total. The highest BCUT2D eigenvalue weighted by atomic mass is 19.1. The van der Waals surface area contributed by atoms with Crippen LogP contribution in [0.4, 0.5) is 32.1 Å². The number of halogens is 1. The van der Waals surface area contributed by atoms with E-state index in [1.807, 2.05) is 31.2 Å². The lowest BCUT2D eigenvalue weighted by atomic mass is 10.2. The number of carbonyl (C=O) groups is 1. The van der Waals surface area contributed by atoms with Gasteiger partial charge in [0.25, 0.3) is 0 Å². The first-order valence-electron chi connectivity index (χ1n) is 7.59. The molecule has 0 spiro atoms. The number of nitrogens with zero attached hydrogens (tertiary/aromatic N) is 2. The highest BCUT2D eigenvalue weighted by Gasteiger charge is 2.03. The Bertz CT molecular complexity index is 848. The number of amides is 2. The van der Waals surface area contributed by atoms with Gasteiger partial charge in [-0.3, -0.25) is 0 Å². The van der Waals surface area contributed by atoms with E-state index in [2.05, 4.69) is 26.1 Å². The third kappa shape index (κ3) is 4.74. The Labute approximate surface area is 144 Å². The summed E-state index contributed by atoms with van der Waals surface area (Å²) in [5.41, 5.74) is 2.80. The summed E-state index contributed by atoms with van der Waals surface area (Å²) < 4.78 is 12.8. The van der Waals surface area contributed by atoms with Gasteiger partial charge in [-0.25, -0.2) is 9.18 Å². The van der Waals surface area contributed by atoms with E-state index in [0.717, 1.165) is 11.4 Å². The molecule has 2 amide bonds. The molecule has 0 fully saturated rings. The molecule has 0 atom stereocenters. The van der Waals surface area contributed by atoms with Crippen molar-refractivity contribution in [3.63, 3.8) is 0 Å². The number of carbonyl (C=O) groups excluding carboxylic acids is 1. The summed E-state index contributed by atoms with van der Waals surface area (Å²) in [7, 11) is 0. The summed E-state index contributed by atoms with van der Waals surface area (Å²) in [6.45, 7) is 1.87. The number of nitrogens with one attached hydrogen (secondary N) is 3. The first kappa shape index (κ1) is 16.4. The van der Waals surface area contributed by atoms with E-state index in [-0.39, 0.29) is 5.82 Å². The fraction of sp³-hybridized carbons (Fsp3) is 0.0556. The van der Waals surface area contributed by atoms with E-state index in [0.29, 0.717) is 17.2 Å². The molecule has 7 heteroatoms. The van der Waals surface area contributed by atoms with Crippen LogP contribution in [0.25, 0.3) is 0 Å². The van der Waals surface area contributed by atoms with Crippen molar-refractivity contribution in [3.05, 3.63) is 72.2 Å². The smallest absolute Gasteiger partial charge is 0.323 e. The van der Waals surface area contributed by atoms with Gasteiger partial charge in [-0.05, 0) is 67.6 Å². The van der Waals surface area contributed by atoms with Crippen LogP contribution < -0.4 is 16.0 Å². The van der Waals surface area contributed by atoms with E-state index in [1.165, 1.54) is 24.3 Å². The van der Waals surface area contributed by atoms with Gasteiger partial charge >= 0.3 is 6.03 Å². The normalized spacial score (nSPS) is 10.2. The topological polar surface area (TPSA) is 78.9 Å². The average Bonchev–Trinajstić information content (AvgIpc) is 2.61. The minimum Gasteiger partial charge on any atom is -0.339 e. The molecule has 2 aromatic carbocycles. The largest absolute Gasteiger partial charge is 0.339 e. The van der Waals surface area contributed by atoms with Crippen molar-refractivity contribution in [1.82, 2.24) is 10.2 Å². The van der Waals surface area contributed by atoms with Gasteiger partial charge in [0.05, 0.1) is 5.69 Å². The predicted octanol–water partition coefficient (Wildman–Crippen LogP) is 4.31. The van der Waals surface area contributed by atoms with Crippen molar-refractivity contribution in [2.75, 3.05) is 16.0 Å². The van der Waals surface area contributed by atoms with Crippen molar-refractivity contribution in [1.29, 1.82) is 0 Å². The van der Waals surface area contributed by atoms with Crippen LogP contribution in [0.15, 0.2) is 60.7 Å². The lowest BCUT2D eigenvalue weighted by molar-refractivity contribution is 0.262. The second kappa shape index (κ2) is 7.39. The van der Waals surface area contributed by atoms with Gasteiger partial charge in [0.1, 0.15) is 5.82 Å². The van der Waals surface area contributed by atoms with Crippen LogP contribution in [0, 0.1) is 12.7 Å². The maximum atomic E-state index is 12.8. The van der Waals surface area contributed by atoms with Crippen LogP contribution in [0.5, 0.6) is 0 Å². The fourth-order valence-electron chi connectivity index (χ4n) is 2.08.